The van der Waals surface area contributed by atoms with Crippen LogP contribution >= 0.6 is 11.8 Å². The summed E-state index contributed by atoms with van der Waals surface area (Å²) in [5.74, 6) is 0.335. The molecule has 5 rings (SSSR count). The minimum absolute atomic E-state index is 0.174. The van der Waals surface area contributed by atoms with Crippen LogP contribution < -0.4 is 0 Å². The van der Waals surface area contributed by atoms with Crippen LogP contribution in [0.5, 0.6) is 0 Å². The molecule has 0 radical (unpaired) electrons. The van der Waals surface area contributed by atoms with Crippen molar-refractivity contribution in [1.29, 1.82) is 0 Å². The van der Waals surface area contributed by atoms with Gasteiger partial charge in [-0.05, 0) is 37.3 Å². The highest BCUT2D eigenvalue weighted by molar-refractivity contribution is 7.98. The van der Waals surface area contributed by atoms with E-state index in [0.717, 1.165) is 11.3 Å². The van der Waals surface area contributed by atoms with Crippen LogP contribution in [0.4, 0.5) is 0 Å². The highest BCUT2D eigenvalue weighted by atomic mass is 32.2. The molecule has 4 aromatic rings. The SMILES string of the molecule is Cc1ccc(-n2nnc(C(=O)N3CCN(C(=O)c4ccco4)CC3)c2CSc2ncccn2)cc1. The summed E-state index contributed by atoms with van der Waals surface area (Å²) in [5.41, 5.74) is 2.91. The molecule has 2 amide bonds. The van der Waals surface area contributed by atoms with E-state index in [1.165, 1.54) is 18.0 Å². The molecule has 3 aromatic heterocycles. The van der Waals surface area contributed by atoms with E-state index in [9.17, 15) is 9.59 Å². The Kier molecular flexibility index (Phi) is 6.57. The molecule has 0 bridgehead atoms. The highest BCUT2D eigenvalue weighted by Crippen LogP contribution is 2.24. The van der Waals surface area contributed by atoms with Gasteiger partial charge in [0.15, 0.2) is 16.6 Å². The lowest BCUT2D eigenvalue weighted by Gasteiger charge is -2.34. The topological polar surface area (TPSA) is 110 Å². The molecule has 0 aliphatic carbocycles. The first-order valence-corrected chi connectivity index (χ1v) is 12.1. The smallest absolute Gasteiger partial charge is 0.289 e. The molecular weight excluding hydrogens is 466 g/mol. The third kappa shape index (κ3) is 4.94. The third-order valence-electron chi connectivity index (χ3n) is 5.71. The number of hydrogen-bond acceptors (Lipinski definition) is 8. The normalized spacial score (nSPS) is 13.7. The Hall–Kier alpha value is -3.99. The maximum Gasteiger partial charge on any atom is 0.289 e. The third-order valence-corrected chi connectivity index (χ3v) is 6.60. The van der Waals surface area contributed by atoms with Gasteiger partial charge in [-0.2, -0.15) is 0 Å². The summed E-state index contributed by atoms with van der Waals surface area (Å²) in [4.78, 5) is 38.0. The van der Waals surface area contributed by atoms with Gasteiger partial charge in [-0.3, -0.25) is 9.59 Å². The minimum atomic E-state index is -0.210. The second kappa shape index (κ2) is 10.1. The standard InChI is InChI=1S/C24H23N7O3S/c1-17-5-7-18(8-6-17)31-19(16-35-24-25-9-3-10-26-24)21(27-28-31)23(33)30-13-11-29(12-14-30)22(32)20-4-2-15-34-20/h2-10,15H,11-14,16H2,1H3. The number of furan rings is 1. The monoisotopic (exact) mass is 489 g/mol. The number of aryl methyl sites for hydroxylation is 1. The van der Waals surface area contributed by atoms with Crippen molar-refractivity contribution in [3.8, 4) is 5.69 Å². The molecule has 4 heterocycles. The molecule has 0 atom stereocenters. The number of rotatable bonds is 6. The summed E-state index contributed by atoms with van der Waals surface area (Å²) in [7, 11) is 0. The van der Waals surface area contributed by atoms with Gasteiger partial charge in [0.1, 0.15) is 0 Å². The lowest BCUT2D eigenvalue weighted by Crippen LogP contribution is -2.50. The molecule has 1 saturated heterocycles. The van der Waals surface area contributed by atoms with E-state index in [0.29, 0.717) is 54.2 Å². The number of carbonyl (C=O) groups is 2. The Morgan fingerprint density at radius 3 is 2.29 bits per heavy atom. The van der Waals surface area contributed by atoms with Gasteiger partial charge < -0.3 is 14.2 Å². The number of thioether (sulfide) groups is 1. The predicted molar refractivity (Wildman–Crippen MR) is 128 cm³/mol. The lowest BCUT2D eigenvalue weighted by molar-refractivity contribution is 0.0514. The molecule has 10 nitrogen and oxygen atoms in total. The summed E-state index contributed by atoms with van der Waals surface area (Å²) in [6, 6.07) is 13.0. The van der Waals surface area contributed by atoms with Crippen LogP contribution in [-0.2, 0) is 5.75 Å². The van der Waals surface area contributed by atoms with Crippen LogP contribution in [0.3, 0.4) is 0 Å². The molecule has 0 N–H and O–H groups in total. The van der Waals surface area contributed by atoms with Gasteiger partial charge in [0, 0.05) is 44.3 Å². The average Bonchev–Trinajstić information content (AvgIpc) is 3.58. The largest absolute Gasteiger partial charge is 0.459 e. The van der Waals surface area contributed by atoms with Crippen LogP contribution in [0, 0.1) is 6.92 Å². The number of carbonyl (C=O) groups excluding carboxylic acids is 2. The summed E-state index contributed by atoms with van der Waals surface area (Å²) in [6.07, 6.45) is 4.84. The van der Waals surface area contributed by atoms with Gasteiger partial charge >= 0.3 is 0 Å². The van der Waals surface area contributed by atoms with E-state index in [1.54, 1.807) is 45.1 Å². The molecule has 1 fully saturated rings. The van der Waals surface area contributed by atoms with Gasteiger partial charge in [0.2, 0.25) is 0 Å². The molecule has 178 valence electrons. The Labute approximate surface area is 206 Å². The van der Waals surface area contributed by atoms with Crippen molar-refractivity contribution in [2.24, 2.45) is 0 Å². The molecule has 35 heavy (non-hydrogen) atoms. The first kappa shape index (κ1) is 22.8. The fourth-order valence-electron chi connectivity index (χ4n) is 3.80. The predicted octanol–water partition coefficient (Wildman–Crippen LogP) is 2.85. The van der Waals surface area contributed by atoms with E-state index in [2.05, 4.69) is 20.3 Å². The first-order valence-electron chi connectivity index (χ1n) is 11.1. The van der Waals surface area contributed by atoms with Crippen molar-refractivity contribution in [2.45, 2.75) is 17.8 Å². The van der Waals surface area contributed by atoms with Crippen LogP contribution in [0.2, 0.25) is 0 Å². The maximum absolute atomic E-state index is 13.5. The molecule has 0 saturated carbocycles. The molecule has 11 heteroatoms. The van der Waals surface area contributed by atoms with Crippen molar-refractivity contribution in [3.05, 3.63) is 83.8 Å². The van der Waals surface area contributed by atoms with Gasteiger partial charge in [-0.1, -0.05) is 34.7 Å². The summed E-state index contributed by atoms with van der Waals surface area (Å²) >= 11 is 1.41. The fraction of sp³-hybridized carbons (Fsp3) is 0.250. The van der Waals surface area contributed by atoms with Crippen molar-refractivity contribution >= 4 is 23.6 Å². The molecule has 1 aliphatic rings. The Bertz CT molecular complexity index is 1300. The van der Waals surface area contributed by atoms with E-state index in [4.69, 9.17) is 4.42 Å². The quantitative estimate of drug-likeness (QED) is 0.300. The van der Waals surface area contributed by atoms with Crippen molar-refractivity contribution in [1.82, 2.24) is 34.8 Å². The van der Waals surface area contributed by atoms with E-state index >= 15 is 0 Å². The Morgan fingerprint density at radius 2 is 1.63 bits per heavy atom. The number of nitrogens with zero attached hydrogens (tertiary/aromatic N) is 7. The minimum Gasteiger partial charge on any atom is -0.459 e. The van der Waals surface area contributed by atoms with Crippen LogP contribution in [0.15, 0.2) is 70.7 Å². The van der Waals surface area contributed by atoms with Gasteiger partial charge in [0.25, 0.3) is 11.8 Å². The number of amides is 2. The Morgan fingerprint density at radius 1 is 0.943 bits per heavy atom. The number of piperazine rings is 1. The molecule has 0 spiro atoms. The number of benzene rings is 1. The van der Waals surface area contributed by atoms with Gasteiger partial charge in [-0.15, -0.1) is 5.10 Å². The first-order chi connectivity index (χ1) is 17.1. The van der Waals surface area contributed by atoms with Crippen LogP contribution in [0.25, 0.3) is 5.69 Å². The number of hydrogen-bond donors (Lipinski definition) is 0. The molecular formula is C24H23N7O3S. The zero-order chi connectivity index (χ0) is 24.2. The second-order valence-corrected chi connectivity index (χ2v) is 8.96. The van der Waals surface area contributed by atoms with Crippen LogP contribution in [0.1, 0.15) is 32.3 Å². The van der Waals surface area contributed by atoms with Gasteiger partial charge in [-0.25, -0.2) is 14.6 Å². The summed E-state index contributed by atoms with van der Waals surface area (Å²) in [5, 5.41) is 9.18. The lowest BCUT2D eigenvalue weighted by atomic mass is 10.2. The van der Waals surface area contributed by atoms with Gasteiger partial charge in [0.05, 0.1) is 17.6 Å². The van der Waals surface area contributed by atoms with Crippen molar-refractivity contribution in [3.63, 3.8) is 0 Å². The average molecular weight is 490 g/mol. The molecule has 1 aliphatic heterocycles. The molecule has 0 unspecified atom stereocenters. The zero-order valence-corrected chi connectivity index (χ0v) is 19.9. The van der Waals surface area contributed by atoms with Crippen molar-refractivity contribution < 1.29 is 14.0 Å². The van der Waals surface area contributed by atoms with Crippen molar-refractivity contribution in [2.75, 3.05) is 26.2 Å². The van der Waals surface area contributed by atoms with E-state index in [1.807, 2.05) is 31.2 Å². The maximum atomic E-state index is 13.5. The Balaban J connectivity index is 1.36. The highest BCUT2D eigenvalue weighted by Gasteiger charge is 2.30. The summed E-state index contributed by atoms with van der Waals surface area (Å²) in [6.45, 7) is 3.65. The summed E-state index contributed by atoms with van der Waals surface area (Å²) < 4.78 is 6.91. The zero-order valence-electron chi connectivity index (χ0n) is 19.1. The molecule has 1 aromatic carbocycles. The van der Waals surface area contributed by atoms with E-state index in [-0.39, 0.29) is 11.8 Å². The number of aromatic nitrogens is 5. The fourth-order valence-corrected chi connectivity index (χ4v) is 4.60. The van der Waals surface area contributed by atoms with Crippen LogP contribution in [-0.4, -0.2) is 72.8 Å². The second-order valence-electron chi connectivity index (χ2n) is 8.01. The van der Waals surface area contributed by atoms with E-state index < -0.39 is 0 Å².